The van der Waals surface area contributed by atoms with E-state index in [9.17, 15) is 9.59 Å². The second-order valence-electron chi connectivity index (χ2n) is 5.53. The van der Waals surface area contributed by atoms with Crippen LogP contribution in [-0.2, 0) is 11.3 Å². The third kappa shape index (κ3) is 2.43. The SMILES string of the molecule is Cc1c(Cl)[nH]c(=O)n(CC2CN3CCCC3CO2)c1=O. The van der Waals surface area contributed by atoms with E-state index >= 15 is 0 Å². The van der Waals surface area contributed by atoms with Gasteiger partial charge in [0.05, 0.1) is 19.3 Å². The van der Waals surface area contributed by atoms with Crippen molar-refractivity contribution in [2.45, 2.75) is 38.5 Å². The van der Waals surface area contributed by atoms with E-state index in [1.54, 1.807) is 6.92 Å². The Hall–Kier alpha value is -1.11. The molecule has 2 aliphatic rings. The van der Waals surface area contributed by atoms with Crippen LogP contribution < -0.4 is 11.2 Å². The summed E-state index contributed by atoms with van der Waals surface area (Å²) in [5.41, 5.74) is -0.454. The number of aromatic nitrogens is 2. The summed E-state index contributed by atoms with van der Waals surface area (Å²) < 4.78 is 6.97. The first kappa shape index (κ1) is 13.9. The Balaban J connectivity index is 1.80. The zero-order valence-electron chi connectivity index (χ0n) is 11.4. The van der Waals surface area contributed by atoms with Crippen molar-refractivity contribution in [3.05, 3.63) is 31.6 Å². The Morgan fingerprint density at radius 2 is 2.25 bits per heavy atom. The predicted octanol–water partition coefficient (Wildman–Crippen LogP) is 0.362. The number of halogens is 1. The van der Waals surface area contributed by atoms with E-state index in [0.717, 1.165) is 13.1 Å². The number of nitrogens with one attached hydrogen (secondary N) is 1. The molecule has 2 saturated heterocycles. The first-order chi connectivity index (χ1) is 9.56. The molecule has 2 fully saturated rings. The Morgan fingerprint density at radius 3 is 3.05 bits per heavy atom. The number of hydrogen-bond donors (Lipinski definition) is 1. The maximum Gasteiger partial charge on any atom is 0.329 e. The lowest BCUT2D eigenvalue weighted by molar-refractivity contribution is -0.0560. The smallest absolute Gasteiger partial charge is 0.329 e. The summed E-state index contributed by atoms with van der Waals surface area (Å²) in [4.78, 5) is 28.8. The van der Waals surface area contributed by atoms with Crippen molar-refractivity contribution in [1.29, 1.82) is 0 Å². The molecule has 6 nitrogen and oxygen atoms in total. The Kier molecular flexibility index (Phi) is 3.70. The normalized spacial score (nSPS) is 26.7. The molecule has 0 aliphatic carbocycles. The van der Waals surface area contributed by atoms with Gasteiger partial charge in [0.25, 0.3) is 5.56 Å². The highest BCUT2D eigenvalue weighted by molar-refractivity contribution is 6.30. The minimum Gasteiger partial charge on any atom is -0.373 e. The molecule has 7 heteroatoms. The van der Waals surface area contributed by atoms with Crippen LogP contribution in [-0.4, -0.2) is 46.3 Å². The van der Waals surface area contributed by atoms with Gasteiger partial charge in [-0.3, -0.25) is 19.2 Å². The number of fused-ring (bicyclic) bond motifs is 1. The summed E-state index contributed by atoms with van der Waals surface area (Å²) in [6, 6.07) is 0.508. The predicted molar refractivity (Wildman–Crippen MR) is 75.4 cm³/mol. The van der Waals surface area contributed by atoms with E-state index in [1.807, 2.05) is 0 Å². The highest BCUT2D eigenvalue weighted by atomic mass is 35.5. The van der Waals surface area contributed by atoms with Gasteiger partial charge in [-0.15, -0.1) is 0 Å². The number of aromatic amines is 1. The number of H-pyrrole nitrogens is 1. The van der Waals surface area contributed by atoms with Crippen LogP contribution >= 0.6 is 11.6 Å². The summed E-state index contributed by atoms with van der Waals surface area (Å²) in [7, 11) is 0. The van der Waals surface area contributed by atoms with Crippen LogP contribution in [0.1, 0.15) is 18.4 Å². The molecular weight excluding hydrogens is 282 g/mol. The van der Waals surface area contributed by atoms with Gasteiger partial charge in [0.2, 0.25) is 0 Å². The second-order valence-corrected chi connectivity index (χ2v) is 5.91. The summed E-state index contributed by atoms with van der Waals surface area (Å²) in [5, 5.41) is 0.111. The van der Waals surface area contributed by atoms with Crippen LogP contribution in [0.3, 0.4) is 0 Å². The summed E-state index contributed by atoms with van der Waals surface area (Å²) in [6.45, 7) is 4.42. The number of hydrogen-bond acceptors (Lipinski definition) is 4. The summed E-state index contributed by atoms with van der Waals surface area (Å²) in [5.74, 6) is 0. The first-order valence-electron chi connectivity index (χ1n) is 6.91. The lowest BCUT2D eigenvalue weighted by atomic mass is 10.2. The van der Waals surface area contributed by atoms with Crippen LogP contribution in [0.2, 0.25) is 5.15 Å². The maximum absolute atomic E-state index is 12.1. The number of nitrogens with zero attached hydrogens (tertiary/aromatic N) is 2. The van der Waals surface area contributed by atoms with Gasteiger partial charge in [0.15, 0.2) is 0 Å². The topological polar surface area (TPSA) is 67.3 Å². The van der Waals surface area contributed by atoms with E-state index in [0.29, 0.717) is 18.2 Å². The monoisotopic (exact) mass is 299 g/mol. The van der Waals surface area contributed by atoms with Crippen LogP contribution in [0.25, 0.3) is 0 Å². The Bertz CT molecular complexity index is 624. The fourth-order valence-corrected chi connectivity index (χ4v) is 3.17. The van der Waals surface area contributed by atoms with E-state index < -0.39 is 5.69 Å². The van der Waals surface area contributed by atoms with E-state index in [-0.39, 0.29) is 23.4 Å². The van der Waals surface area contributed by atoms with Crippen molar-refractivity contribution < 1.29 is 4.74 Å². The van der Waals surface area contributed by atoms with Gasteiger partial charge >= 0.3 is 5.69 Å². The van der Waals surface area contributed by atoms with Gasteiger partial charge < -0.3 is 4.74 Å². The number of ether oxygens (including phenoxy) is 1. The summed E-state index contributed by atoms with van der Waals surface area (Å²) in [6.07, 6.45) is 2.25. The van der Waals surface area contributed by atoms with Gasteiger partial charge in [-0.1, -0.05) is 11.6 Å². The lowest BCUT2D eigenvalue weighted by Crippen LogP contribution is -2.50. The molecule has 0 amide bonds. The standard InChI is InChI=1S/C13H18ClN3O3/c1-8-11(14)15-13(19)17(12(8)18)6-10-5-16-4-2-3-9(16)7-20-10/h9-10H,2-7H2,1H3,(H,15,19). The molecule has 2 unspecified atom stereocenters. The average molecular weight is 300 g/mol. The molecule has 0 bridgehead atoms. The fraction of sp³-hybridized carbons (Fsp3) is 0.692. The van der Waals surface area contributed by atoms with Gasteiger partial charge in [0, 0.05) is 18.2 Å². The Morgan fingerprint density at radius 1 is 1.45 bits per heavy atom. The zero-order valence-corrected chi connectivity index (χ0v) is 12.2. The van der Waals surface area contributed by atoms with E-state index in [2.05, 4.69) is 9.88 Å². The van der Waals surface area contributed by atoms with Crippen molar-refractivity contribution >= 4 is 11.6 Å². The molecule has 0 radical (unpaired) electrons. The molecule has 110 valence electrons. The van der Waals surface area contributed by atoms with Crippen LogP contribution in [0.15, 0.2) is 9.59 Å². The summed E-state index contributed by atoms with van der Waals surface area (Å²) >= 11 is 5.80. The number of rotatable bonds is 2. The molecule has 3 heterocycles. The first-order valence-corrected chi connectivity index (χ1v) is 7.29. The maximum atomic E-state index is 12.1. The van der Waals surface area contributed by atoms with Crippen molar-refractivity contribution in [3.8, 4) is 0 Å². The largest absolute Gasteiger partial charge is 0.373 e. The Labute approximate surface area is 121 Å². The number of morpholine rings is 1. The van der Waals surface area contributed by atoms with Crippen molar-refractivity contribution in [3.63, 3.8) is 0 Å². The van der Waals surface area contributed by atoms with Crippen molar-refractivity contribution in [2.75, 3.05) is 19.7 Å². The molecule has 20 heavy (non-hydrogen) atoms. The quantitative estimate of drug-likeness (QED) is 0.801. The highest BCUT2D eigenvalue weighted by Gasteiger charge is 2.32. The average Bonchev–Trinajstić information content (AvgIpc) is 2.88. The minimum absolute atomic E-state index is 0.111. The molecule has 1 N–H and O–H groups in total. The molecule has 2 atom stereocenters. The van der Waals surface area contributed by atoms with Crippen LogP contribution in [0.5, 0.6) is 0 Å². The molecular formula is C13H18ClN3O3. The van der Waals surface area contributed by atoms with Gasteiger partial charge in [-0.2, -0.15) is 0 Å². The van der Waals surface area contributed by atoms with Crippen LogP contribution in [0.4, 0.5) is 0 Å². The highest BCUT2D eigenvalue weighted by Crippen LogP contribution is 2.22. The molecule has 2 aliphatic heterocycles. The second kappa shape index (κ2) is 5.35. The van der Waals surface area contributed by atoms with E-state index in [1.165, 1.54) is 17.4 Å². The van der Waals surface area contributed by atoms with Gasteiger partial charge in [-0.25, -0.2) is 4.79 Å². The minimum atomic E-state index is -0.474. The third-order valence-corrected chi connectivity index (χ3v) is 4.58. The fourth-order valence-electron chi connectivity index (χ4n) is 3.01. The lowest BCUT2D eigenvalue weighted by Gasteiger charge is -2.35. The van der Waals surface area contributed by atoms with E-state index in [4.69, 9.17) is 16.3 Å². The van der Waals surface area contributed by atoms with Gasteiger partial charge in [-0.05, 0) is 26.3 Å². The molecule has 3 rings (SSSR count). The van der Waals surface area contributed by atoms with Crippen molar-refractivity contribution in [1.82, 2.24) is 14.5 Å². The van der Waals surface area contributed by atoms with Gasteiger partial charge in [0.1, 0.15) is 5.15 Å². The molecule has 1 aromatic rings. The molecule has 0 saturated carbocycles. The van der Waals surface area contributed by atoms with Crippen molar-refractivity contribution in [2.24, 2.45) is 0 Å². The molecule has 0 aromatic carbocycles. The third-order valence-electron chi connectivity index (χ3n) is 4.20. The molecule has 0 spiro atoms. The zero-order chi connectivity index (χ0) is 14.3. The van der Waals surface area contributed by atoms with Crippen LogP contribution in [0, 0.1) is 6.92 Å². The molecule has 1 aromatic heterocycles.